The lowest BCUT2D eigenvalue weighted by Crippen LogP contribution is -2.41. The second kappa shape index (κ2) is 5.75. The molecule has 1 amide bonds. The molecule has 2 atom stereocenters. The van der Waals surface area contributed by atoms with Crippen LogP contribution < -0.4 is 10.2 Å². The zero-order valence-electron chi connectivity index (χ0n) is 10.6. The Morgan fingerprint density at radius 1 is 1.63 bits per heavy atom. The summed E-state index contributed by atoms with van der Waals surface area (Å²) in [7, 11) is 0. The van der Waals surface area contributed by atoms with Gasteiger partial charge in [-0.2, -0.15) is 0 Å². The van der Waals surface area contributed by atoms with Crippen molar-refractivity contribution in [3.8, 4) is 0 Å². The summed E-state index contributed by atoms with van der Waals surface area (Å²) in [6.07, 6.45) is -0.245. The van der Waals surface area contributed by atoms with E-state index in [1.54, 1.807) is 6.07 Å². The van der Waals surface area contributed by atoms with Crippen molar-refractivity contribution < 1.29 is 14.3 Å². The first-order valence-corrected chi connectivity index (χ1v) is 6.53. The number of carbonyl (C=O) groups is 1. The maximum Gasteiger partial charge on any atom is 0.248 e. The fourth-order valence-corrected chi connectivity index (χ4v) is 2.23. The maximum atomic E-state index is 13.4. The molecular formula is C13H16ClFN2O2. The number of amides is 1. The van der Waals surface area contributed by atoms with Crippen molar-refractivity contribution in [3.63, 3.8) is 0 Å². The van der Waals surface area contributed by atoms with Gasteiger partial charge in [-0.15, -0.1) is 0 Å². The highest BCUT2D eigenvalue weighted by molar-refractivity contribution is 6.30. The molecule has 1 heterocycles. The largest absolute Gasteiger partial charge is 0.384 e. The lowest BCUT2D eigenvalue weighted by atomic mass is 10.2. The third-order valence-corrected chi connectivity index (χ3v) is 3.49. The summed E-state index contributed by atoms with van der Waals surface area (Å²) >= 11 is 5.64. The van der Waals surface area contributed by atoms with Crippen molar-refractivity contribution in [1.82, 2.24) is 5.32 Å². The molecular weight excluding hydrogens is 271 g/mol. The zero-order valence-corrected chi connectivity index (χ0v) is 11.3. The lowest BCUT2D eigenvalue weighted by molar-refractivity contribution is -0.129. The van der Waals surface area contributed by atoms with Gasteiger partial charge in [-0.1, -0.05) is 11.6 Å². The number of hydrogen-bond donors (Lipinski definition) is 2. The average Bonchev–Trinajstić information content (AvgIpc) is 2.81. The molecule has 0 saturated carbocycles. The minimum absolute atomic E-state index is 0.0270. The van der Waals surface area contributed by atoms with Gasteiger partial charge in [0.05, 0.1) is 5.02 Å². The summed E-state index contributed by atoms with van der Waals surface area (Å²) in [5.74, 6) is -0.829. The van der Waals surface area contributed by atoms with Crippen molar-refractivity contribution in [1.29, 1.82) is 0 Å². The van der Waals surface area contributed by atoms with Gasteiger partial charge in [-0.25, -0.2) is 4.39 Å². The number of anilines is 1. The number of aliphatic hydroxyl groups excluding tert-OH is 1. The molecule has 1 aliphatic rings. The number of carbonyl (C=O) groups excluding carboxylic acids is 1. The molecule has 4 nitrogen and oxygen atoms in total. The summed E-state index contributed by atoms with van der Waals surface area (Å²) < 4.78 is 13.4. The van der Waals surface area contributed by atoms with E-state index in [0.29, 0.717) is 6.54 Å². The van der Waals surface area contributed by atoms with E-state index in [2.05, 4.69) is 5.32 Å². The molecule has 104 valence electrons. The van der Waals surface area contributed by atoms with E-state index >= 15 is 0 Å². The Bertz CT molecular complexity index is 482. The Morgan fingerprint density at radius 2 is 2.37 bits per heavy atom. The van der Waals surface area contributed by atoms with Gasteiger partial charge in [0.25, 0.3) is 0 Å². The molecule has 1 aromatic carbocycles. The van der Waals surface area contributed by atoms with Gasteiger partial charge in [-0.3, -0.25) is 4.79 Å². The van der Waals surface area contributed by atoms with Crippen molar-refractivity contribution in [2.24, 2.45) is 0 Å². The average molecular weight is 287 g/mol. The van der Waals surface area contributed by atoms with Crippen LogP contribution in [-0.4, -0.2) is 36.2 Å². The van der Waals surface area contributed by atoms with Crippen molar-refractivity contribution in [2.45, 2.75) is 25.5 Å². The van der Waals surface area contributed by atoms with Gasteiger partial charge < -0.3 is 15.3 Å². The number of rotatable bonds is 3. The first-order chi connectivity index (χ1) is 8.97. The fourth-order valence-electron chi connectivity index (χ4n) is 2.12. The first kappa shape index (κ1) is 14.1. The highest BCUT2D eigenvalue weighted by atomic mass is 35.5. The predicted molar refractivity (Wildman–Crippen MR) is 71.9 cm³/mol. The van der Waals surface area contributed by atoms with Crippen molar-refractivity contribution >= 4 is 23.2 Å². The van der Waals surface area contributed by atoms with Gasteiger partial charge in [0, 0.05) is 24.8 Å². The van der Waals surface area contributed by atoms with Crippen LogP contribution in [0.3, 0.4) is 0 Å². The highest BCUT2D eigenvalue weighted by Crippen LogP contribution is 2.24. The Kier molecular flexibility index (Phi) is 4.27. The molecule has 19 heavy (non-hydrogen) atoms. The Balaban J connectivity index is 1.98. The predicted octanol–water partition coefficient (Wildman–Crippen LogP) is 1.55. The number of nitrogens with one attached hydrogen (secondary N) is 1. The second-order valence-corrected chi connectivity index (χ2v) is 5.12. The Morgan fingerprint density at radius 3 is 3.00 bits per heavy atom. The van der Waals surface area contributed by atoms with E-state index in [1.807, 2.05) is 4.90 Å². The van der Waals surface area contributed by atoms with E-state index in [1.165, 1.54) is 19.1 Å². The molecule has 1 fully saturated rings. The summed E-state index contributed by atoms with van der Waals surface area (Å²) in [6.45, 7) is 2.75. The third kappa shape index (κ3) is 3.36. The smallest absolute Gasteiger partial charge is 0.248 e. The van der Waals surface area contributed by atoms with Gasteiger partial charge in [0.1, 0.15) is 11.9 Å². The molecule has 0 bridgehead atoms. The number of hydrogen-bond acceptors (Lipinski definition) is 3. The molecule has 0 aliphatic carbocycles. The van der Waals surface area contributed by atoms with Crippen LogP contribution in [0.4, 0.5) is 10.1 Å². The molecule has 1 aliphatic heterocycles. The minimum Gasteiger partial charge on any atom is -0.384 e. The molecule has 0 radical (unpaired) electrons. The Hall–Kier alpha value is -1.33. The van der Waals surface area contributed by atoms with Gasteiger partial charge in [-0.05, 0) is 31.5 Å². The topological polar surface area (TPSA) is 52.6 Å². The van der Waals surface area contributed by atoms with E-state index in [0.717, 1.165) is 18.7 Å². The molecule has 1 aromatic rings. The van der Waals surface area contributed by atoms with Crippen LogP contribution in [0, 0.1) is 5.82 Å². The standard InChI is InChI=1S/C13H16ClFN2O2/c1-8(18)13(19)16-9-4-5-17(7-9)10-2-3-11(14)12(15)6-10/h2-3,6,8-9,18H,4-5,7H2,1H3,(H,16,19)/t8-,9-/m1/s1. The molecule has 2 rings (SSSR count). The minimum atomic E-state index is -1.01. The summed E-state index contributed by atoms with van der Waals surface area (Å²) in [5.41, 5.74) is 0.746. The molecule has 1 saturated heterocycles. The van der Waals surface area contributed by atoms with Gasteiger partial charge >= 0.3 is 0 Å². The van der Waals surface area contributed by atoms with E-state index in [4.69, 9.17) is 16.7 Å². The van der Waals surface area contributed by atoms with Crippen LogP contribution in [0.5, 0.6) is 0 Å². The van der Waals surface area contributed by atoms with Crippen LogP contribution in [0.1, 0.15) is 13.3 Å². The monoisotopic (exact) mass is 286 g/mol. The van der Waals surface area contributed by atoms with Gasteiger partial charge in [0.2, 0.25) is 5.91 Å². The number of aliphatic hydroxyl groups is 1. The van der Waals surface area contributed by atoms with Crippen LogP contribution in [-0.2, 0) is 4.79 Å². The number of halogens is 2. The third-order valence-electron chi connectivity index (χ3n) is 3.18. The summed E-state index contributed by atoms with van der Waals surface area (Å²) in [4.78, 5) is 13.4. The summed E-state index contributed by atoms with van der Waals surface area (Å²) in [5, 5.41) is 12.0. The van der Waals surface area contributed by atoms with Gasteiger partial charge in [0.15, 0.2) is 0 Å². The van der Waals surface area contributed by atoms with E-state index < -0.39 is 11.9 Å². The van der Waals surface area contributed by atoms with Crippen molar-refractivity contribution in [3.05, 3.63) is 29.0 Å². The quantitative estimate of drug-likeness (QED) is 0.886. The molecule has 0 unspecified atom stereocenters. The maximum absolute atomic E-state index is 13.4. The SMILES string of the molecule is C[C@@H](O)C(=O)N[C@@H]1CCN(c2ccc(Cl)c(F)c2)C1. The van der Waals surface area contributed by atoms with E-state index in [-0.39, 0.29) is 17.0 Å². The normalized spacial score (nSPS) is 20.4. The zero-order chi connectivity index (χ0) is 14.0. The van der Waals surface area contributed by atoms with Crippen LogP contribution in [0.15, 0.2) is 18.2 Å². The van der Waals surface area contributed by atoms with E-state index in [9.17, 15) is 9.18 Å². The fraction of sp³-hybridized carbons (Fsp3) is 0.462. The second-order valence-electron chi connectivity index (χ2n) is 4.71. The molecule has 2 N–H and O–H groups in total. The number of benzene rings is 1. The Labute approximate surface area is 116 Å². The first-order valence-electron chi connectivity index (χ1n) is 6.16. The van der Waals surface area contributed by atoms with Crippen molar-refractivity contribution in [2.75, 3.05) is 18.0 Å². The molecule has 6 heteroatoms. The number of nitrogens with zero attached hydrogens (tertiary/aromatic N) is 1. The lowest BCUT2D eigenvalue weighted by Gasteiger charge is -2.19. The van der Waals surface area contributed by atoms with Crippen LogP contribution in [0.2, 0.25) is 5.02 Å². The molecule has 0 aromatic heterocycles. The van der Waals surface area contributed by atoms with Crippen LogP contribution >= 0.6 is 11.6 Å². The molecule has 0 spiro atoms. The highest BCUT2D eigenvalue weighted by Gasteiger charge is 2.25. The van der Waals surface area contributed by atoms with Crippen LogP contribution in [0.25, 0.3) is 0 Å². The summed E-state index contributed by atoms with van der Waals surface area (Å²) in [6, 6.07) is 4.64.